The molecular weight excluding hydrogens is 522 g/mol. The van der Waals surface area contributed by atoms with E-state index in [0.29, 0.717) is 43.8 Å². The summed E-state index contributed by atoms with van der Waals surface area (Å²) in [5.41, 5.74) is 2.31. The molecule has 1 heterocycles. The van der Waals surface area contributed by atoms with Gasteiger partial charge in [0.15, 0.2) is 11.5 Å². The lowest BCUT2D eigenvalue weighted by Gasteiger charge is -2.31. The van der Waals surface area contributed by atoms with Crippen molar-refractivity contribution >= 4 is 21.7 Å². The van der Waals surface area contributed by atoms with E-state index >= 15 is 0 Å². The van der Waals surface area contributed by atoms with Crippen molar-refractivity contribution in [1.29, 1.82) is 0 Å². The Kier molecular flexibility index (Phi) is 7.63. The molecule has 0 fully saturated rings. The third-order valence-corrected chi connectivity index (χ3v) is 7.81. The molecule has 0 saturated heterocycles. The Balaban J connectivity index is 1.84. The molecule has 202 valence electrons. The number of carbonyl (C=O) groups is 1. The van der Waals surface area contributed by atoms with Gasteiger partial charge in [-0.3, -0.25) is 0 Å². The van der Waals surface area contributed by atoms with Crippen molar-refractivity contribution in [2.75, 3.05) is 32.3 Å². The van der Waals surface area contributed by atoms with Gasteiger partial charge in [-0.25, -0.2) is 17.5 Å². The summed E-state index contributed by atoms with van der Waals surface area (Å²) in [4.78, 5) is 12.6. The highest BCUT2D eigenvalue weighted by molar-refractivity contribution is 7.89. The number of hydrogen-bond acceptors (Lipinski definition) is 7. The van der Waals surface area contributed by atoms with Crippen LogP contribution in [0.1, 0.15) is 24.2 Å². The van der Waals surface area contributed by atoms with Crippen molar-refractivity contribution in [2.24, 2.45) is 0 Å². The number of amides is 2. The second-order valence-electron chi connectivity index (χ2n) is 8.22. The molecule has 9 nitrogen and oxygen atoms in total. The summed E-state index contributed by atoms with van der Waals surface area (Å²) in [7, 11) is 0.387. The van der Waals surface area contributed by atoms with E-state index in [4.69, 9.17) is 18.9 Å². The van der Waals surface area contributed by atoms with Crippen LogP contribution in [0.4, 0.5) is 19.3 Å². The van der Waals surface area contributed by atoms with Gasteiger partial charge in [0.25, 0.3) is 0 Å². The summed E-state index contributed by atoms with van der Waals surface area (Å²) in [6.45, 7) is -1.62. The van der Waals surface area contributed by atoms with Crippen LogP contribution in [-0.2, 0) is 10.0 Å². The van der Waals surface area contributed by atoms with Gasteiger partial charge in [0.2, 0.25) is 10.0 Å². The Hall–Kier alpha value is -4.06. The summed E-state index contributed by atoms with van der Waals surface area (Å²) in [6, 6.07) is 13.7. The lowest BCUT2D eigenvalue weighted by atomic mass is 9.88. The monoisotopic (exact) mass is 548 g/mol. The minimum absolute atomic E-state index is 0.0740. The van der Waals surface area contributed by atoms with Crippen molar-refractivity contribution < 1.29 is 40.9 Å². The van der Waals surface area contributed by atoms with Crippen LogP contribution < -0.4 is 24.3 Å². The topological polar surface area (TPSA) is 103 Å². The Morgan fingerprint density at radius 3 is 2.45 bits per heavy atom. The van der Waals surface area contributed by atoms with Gasteiger partial charge in [-0.2, -0.15) is 8.78 Å². The van der Waals surface area contributed by atoms with Gasteiger partial charge < -0.3 is 24.3 Å². The first-order valence-electron chi connectivity index (χ1n) is 11.5. The number of anilines is 1. The summed E-state index contributed by atoms with van der Waals surface area (Å²) in [6.07, 6.45) is -0.743. The lowest BCUT2D eigenvalue weighted by molar-refractivity contribution is -0.0496. The predicted octanol–water partition coefficient (Wildman–Crippen LogP) is 5.27. The molecule has 0 spiro atoms. The number of urea groups is 1. The predicted molar refractivity (Wildman–Crippen MR) is 137 cm³/mol. The molecular formula is C26H26F2N2O7S. The van der Waals surface area contributed by atoms with E-state index in [-0.39, 0.29) is 17.2 Å². The van der Waals surface area contributed by atoms with Crippen LogP contribution in [0.3, 0.4) is 0 Å². The normalized spacial score (nSPS) is 14.1. The number of alkyl halides is 2. The molecule has 0 saturated carbocycles. The molecule has 0 bridgehead atoms. The summed E-state index contributed by atoms with van der Waals surface area (Å²) in [5.74, 6) is 0.948. The van der Waals surface area contributed by atoms with Gasteiger partial charge in [0, 0.05) is 23.9 Å². The Morgan fingerprint density at radius 2 is 1.79 bits per heavy atom. The summed E-state index contributed by atoms with van der Waals surface area (Å²) < 4.78 is 73.0. The van der Waals surface area contributed by atoms with E-state index in [1.807, 2.05) is 0 Å². The molecule has 4 rings (SSSR count). The zero-order valence-corrected chi connectivity index (χ0v) is 21.8. The maximum atomic E-state index is 13.2. The first kappa shape index (κ1) is 27.0. The van der Waals surface area contributed by atoms with Crippen molar-refractivity contribution in [2.45, 2.75) is 19.6 Å². The molecule has 1 aliphatic heterocycles. The van der Waals surface area contributed by atoms with Crippen molar-refractivity contribution in [3.63, 3.8) is 0 Å². The maximum absolute atomic E-state index is 13.2. The number of nitrogens with one attached hydrogen (secondary N) is 1. The molecule has 0 radical (unpaired) electrons. The number of hydrogen-bond donors (Lipinski definition) is 1. The Labute approximate surface area is 218 Å². The van der Waals surface area contributed by atoms with E-state index in [2.05, 4.69) is 5.32 Å². The molecule has 38 heavy (non-hydrogen) atoms. The fourth-order valence-corrected chi connectivity index (χ4v) is 4.82. The third-order valence-electron chi connectivity index (χ3n) is 6.08. The van der Waals surface area contributed by atoms with Crippen LogP contribution in [0.5, 0.6) is 23.0 Å². The van der Waals surface area contributed by atoms with Crippen LogP contribution >= 0.6 is 0 Å². The highest BCUT2D eigenvalue weighted by atomic mass is 32.2. The SMILES string of the molecule is CCS(=O)(=O)N(C)C(=O)Nc1ccc2c(c1)C(c1ccc(OC)c(OC)c1)Oc1cccc(OC(F)F)c1-2. The van der Waals surface area contributed by atoms with E-state index in [1.165, 1.54) is 27.2 Å². The van der Waals surface area contributed by atoms with Crippen LogP contribution in [0.2, 0.25) is 0 Å². The molecule has 0 aromatic heterocycles. The molecule has 1 aliphatic rings. The Morgan fingerprint density at radius 1 is 1.05 bits per heavy atom. The molecule has 12 heteroatoms. The van der Waals surface area contributed by atoms with E-state index in [0.717, 1.165) is 7.05 Å². The highest BCUT2D eigenvalue weighted by Crippen LogP contribution is 2.50. The van der Waals surface area contributed by atoms with Crippen molar-refractivity contribution in [1.82, 2.24) is 4.31 Å². The van der Waals surface area contributed by atoms with Crippen molar-refractivity contribution in [3.05, 3.63) is 65.7 Å². The quantitative estimate of drug-likeness (QED) is 0.409. The lowest BCUT2D eigenvalue weighted by Crippen LogP contribution is -2.37. The number of methoxy groups -OCH3 is 2. The van der Waals surface area contributed by atoms with Gasteiger partial charge in [-0.05, 0) is 48.9 Å². The maximum Gasteiger partial charge on any atom is 0.387 e. The first-order chi connectivity index (χ1) is 18.1. The van der Waals surface area contributed by atoms with Gasteiger partial charge in [-0.15, -0.1) is 0 Å². The molecule has 3 aromatic rings. The second kappa shape index (κ2) is 10.7. The molecule has 1 atom stereocenters. The molecule has 1 unspecified atom stereocenters. The second-order valence-corrected chi connectivity index (χ2v) is 10.5. The number of rotatable bonds is 8. The minimum atomic E-state index is -3.78. The average Bonchev–Trinajstić information content (AvgIpc) is 2.91. The average molecular weight is 549 g/mol. The van der Waals surface area contributed by atoms with Crippen LogP contribution in [0.15, 0.2) is 54.6 Å². The number of halogens is 2. The largest absolute Gasteiger partial charge is 0.493 e. The number of fused-ring (bicyclic) bond motifs is 3. The van der Waals surface area contributed by atoms with Gasteiger partial charge >= 0.3 is 12.6 Å². The standard InChI is InChI=1S/C26H26F2N2O7S/c1-5-38(32,33)30(2)26(31)29-16-10-11-17-18(14-16)24(15-9-12-19(34-3)22(13-15)35-4)36-20-7-6-8-21(23(17)20)37-25(27)28/h6-14,24-25H,5H2,1-4H3,(H,29,31). The minimum Gasteiger partial charge on any atom is -0.493 e. The molecule has 1 N–H and O–H groups in total. The van der Waals surface area contributed by atoms with Crippen molar-refractivity contribution in [3.8, 4) is 34.1 Å². The summed E-state index contributed by atoms with van der Waals surface area (Å²) >= 11 is 0. The van der Waals surface area contributed by atoms with Gasteiger partial charge in [0.1, 0.15) is 17.6 Å². The fourth-order valence-electron chi connectivity index (χ4n) is 4.13. The molecule has 2 amide bonds. The highest BCUT2D eigenvalue weighted by Gasteiger charge is 2.32. The number of benzene rings is 3. The first-order valence-corrected chi connectivity index (χ1v) is 13.1. The van der Waals surface area contributed by atoms with Gasteiger partial charge in [-0.1, -0.05) is 18.2 Å². The van der Waals surface area contributed by atoms with E-state index in [9.17, 15) is 22.0 Å². The molecule has 3 aromatic carbocycles. The zero-order valence-electron chi connectivity index (χ0n) is 21.0. The van der Waals surface area contributed by atoms with Crippen LogP contribution in [0.25, 0.3) is 11.1 Å². The van der Waals surface area contributed by atoms with E-state index in [1.54, 1.807) is 48.5 Å². The van der Waals surface area contributed by atoms with Crippen LogP contribution in [0, 0.1) is 0 Å². The number of nitrogens with zero attached hydrogens (tertiary/aromatic N) is 1. The number of sulfonamides is 1. The summed E-state index contributed by atoms with van der Waals surface area (Å²) in [5, 5.41) is 2.57. The number of ether oxygens (including phenoxy) is 4. The van der Waals surface area contributed by atoms with Gasteiger partial charge in [0.05, 0.1) is 25.5 Å². The molecule has 0 aliphatic carbocycles. The zero-order chi connectivity index (χ0) is 27.6. The Bertz CT molecular complexity index is 1460. The fraction of sp³-hybridized carbons (Fsp3) is 0.269. The van der Waals surface area contributed by atoms with Crippen LogP contribution in [-0.4, -0.2) is 52.4 Å². The smallest absolute Gasteiger partial charge is 0.387 e. The van der Waals surface area contributed by atoms with E-state index < -0.39 is 28.8 Å². The number of carbonyl (C=O) groups excluding carboxylic acids is 1. The third kappa shape index (κ3) is 5.17.